The molecule has 1 aromatic carbocycles. The molecular weight excluding hydrogens is 217 g/mol. The molecule has 1 unspecified atom stereocenters. The van der Waals surface area contributed by atoms with Crippen molar-refractivity contribution in [3.63, 3.8) is 0 Å². The van der Waals surface area contributed by atoms with Gasteiger partial charge in [0.2, 0.25) is 0 Å². The van der Waals surface area contributed by atoms with Gasteiger partial charge in [0.25, 0.3) is 0 Å². The summed E-state index contributed by atoms with van der Waals surface area (Å²) in [5.41, 5.74) is -1.98. The molecule has 0 amide bonds. The van der Waals surface area contributed by atoms with Crippen LogP contribution in [0, 0.1) is 0 Å². The fourth-order valence-electron chi connectivity index (χ4n) is 1.36. The maximum absolute atomic E-state index is 12.5. The Bertz CT molecular complexity index is 350. The van der Waals surface area contributed by atoms with Gasteiger partial charge in [0, 0.05) is 0 Å². The Morgan fingerprint density at radius 2 is 1.50 bits per heavy atom. The van der Waals surface area contributed by atoms with Crippen LogP contribution in [-0.2, 0) is 5.60 Å². The Hall–Kier alpha value is -1.03. The third-order valence-electron chi connectivity index (χ3n) is 2.69. The average Bonchev–Trinajstić information content (AvgIpc) is 2.16. The summed E-state index contributed by atoms with van der Waals surface area (Å²) in [7, 11) is 0. The molecule has 0 saturated carbocycles. The van der Waals surface area contributed by atoms with E-state index in [1.165, 1.54) is 12.1 Å². The van der Waals surface area contributed by atoms with Crippen LogP contribution in [-0.4, -0.2) is 11.3 Å². The predicted molar refractivity (Wildman–Crippen MR) is 56.2 cm³/mol. The lowest BCUT2D eigenvalue weighted by atomic mass is 9.92. The molecule has 0 aliphatic rings. The summed E-state index contributed by atoms with van der Waals surface area (Å²) >= 11 is 0. The number of rotatable bonds is 2. The zero-order valence-corrected chi connectivity index (χ0v) is 9.47. The Labute approximate surface area is 92.9 Å². The molecule has 1 nitrogen and oxygen atoms in total. The molecule has 0 saturated heterocycles. The zero-order chi connectivity index (χ0) is 12.6. The minimum absolute atomic E-state index is 0.135. The Morgan fingerprint density at radius 3 is 1.81 bits per heavy atom. The van der Waals surface area contributed by atoms with Crippen molar-refractivity contribution in [1.82, 2.24) is 0 Å². The van der Waals surface area contributed by atoms with Crippen molar-refractivity contribution in [3.8, 4) is 0 Å². The molecule has 0 aliphatic carbocycles. The zero-order valence-electron chi connectivity index (χ0n) is 9.47. The van der Waals surface area contributed by atoms with E-state index in [1.807, 2.05) is 13.8 Å². The van der Waals surface area contributed by atoms with E-state index < -0.39 is 11.8 Å². The third-order valence-corrected chi connectivity index (χ3v) is 2.69. The highest BCUT2D eigenvalue weighted by Crippen LogP contribution is 2.38. The van der Waals surface area contributed by atoms with Gasteiger partial charge in [0.1, 0.15) is 0 Å². The summed E-state index contributed by atoms with van der Waals surface area (Å²) in [6.45, 7) is 4.67. The molecule has 1 atom stereocenters. The highest BCUT2D eigenvalue weighted by atomic mass is 19.4. The maximum atomic E-state index is 12.5. The monoisotopic (exact) mass is 232 g/mol. The molecule has 0 radical (unpaired) electrons. The number of benzene rings is 1. The standard InChI is InChI=1S/C12H15F3O/c1-8(2)9-4-6-10(7-5-9)11(3,16)12(13,14)15/h4-8,16H,1-3H3. The lowest BCUT2D eigenvalue weighted by Crippen LogP contribution is -2.39. The van der Waals surface area contributed by atoms with E-state index in [4.69, 9.17) is 0 Å². The summed E-state index contributed by atoms with van der Waals surface area (Å²) < 4.78 is 37.6. The van der Waals surface area contributed by atoms with Crippen LogP contribution in [0.15, 0.2) is 24.3 Å². The van der Waals surface area contributed by atoms with Crippen LogP contribution in [0.4, 0.5) is 13.2 Å². The first-order valence-corrected chi connectivity index (χ1v) is 5.06. The van der Waals surface area contributed by atoms with Gasteiger partial charge in [-0.2, -0.15) is 13.2 Å². The molecule has 0 heterocycles. The molecule has 90 valence electrons. The van der Waals surface area contributed by atoms with E-state index >= 15 is 0 Å². The van der Waals surface area contributed by atoms with Crippen LogP contribution >= 0.6 is 0 Å². The lowest BCUT2D eigenvalue weighted by Gasteiger charge is -2.26. The first-order valence-electron chi connectivity index (χ1n) is 5.06. The summed E-state index contributed by atoms with van der Waals surface area (Å²) in [6, 6.07) is 5.87. The molecular formula is C12H15F3O. The molecule has 1 rings (SSSR count). The smallest absolute Gasteiger partial charge is 0.376 e. The first kappa shape index (κ1) is 13.0. The Morgan fingerprint density at radius 1 is 1.06 bits per heavy atom. The van der Waals surface area contributed by atoms with Gasteiger partial charge in [-0.1, -0.05) is 38.1 Å². The second-order valence-corrected chi connectivity index (χ2v) is 4.35. The van der Waals surface area contributed by atoms with Crippen molar-refractivity contribution in [2.75, 3.05) is 0 Å². The van der Waals surface area contributed by atoms with Crippen molar-refractivity contribution in [2.45, 2.75) is 38.5 Å². The average molecular weight is 232 g/mol. The quantitative estimate of drug-likeness (QED) is 0.826. The molecule has 0 fully saturated rings. The maximum Gasteiger partial charge on any atom is 0.421 e. The normalized spacial score (nSPS) is 16.2. The van der Waals surface area contributed by atoms with E-state index in [2.05, 4.69) is 0 Å². The first-order chi connectivity index (χ1) is 7.16. The number of hydrogen-bond acceptors (Lipinski definition) is 1. The van der Waals surface area contributed by atoms with Crippen molar-refractivity contribution >= 4 is 0 Å². The van der Waals surface area contributed by atoms with Gasteiger partial charge in [-0.25, -0.2) is 0 Å². The SMILES string of the molecule is CC(C)c1ccc(C(C)(O)C(F)(F)F)cc1. The number of aliphatic hydroxyl groups is 1. The van der Waals surface area contributed by atoms with Crippen molar-refractivity contribution in [1.29, 1.82) is 0 Å². The van der Waals surface area contributed by atoms with Crippen LogP contribution in [0.3, 0.4) is 0 Å². The van der Waals surface area contributed by atoms with Crippen LogP contribution in [0.2, 0.25) is 0 Å². The van der Waals surface area contributed by atoms with Gasteiger partial charge >= 0.3 is 6.18 Å². The van der Waals surface area contributed by atoms with E-state index in [0.717, 1.165) is 12.5 Å². The number of hydrogen-bond donors (Lipinski definition) is 1. The Kier molecular flexibility index (Phi) is 3.33. The second-order valence-electron chi connectivity index (χ2n) is 4.35. The highest BCUT2D eigenvalue weighted by molar-refractivity contribution is 5.29. The van der Waals surface area contributed by atoms with Gasteiger partial charge < -0.3 is 5.11 Å². The van der Waals surface area contributed by atoms with Crippen LogP contribution in [0.5, 0.6) is 0 Å². The topological polar surface area (TPSA) is 20.2 Å². The van der Waals surface area contributed by atoms with E-state index in [-0.39, 0.29) is 11.5 Å². The highest BCUT2D eigenvalue weighted by Gasteiger charge is 2.50. The summed E-state index contributed by atoms with van der Waals surface area (Å²) in [6.07, 6.45) is -4.66. The van der Waals surface area contributed by atoms with E-state index in [1.54, 1.807) is 12.1 Å². The predicted octanol–water partition coefficient (Wildman–Crippen LogP) is 3.58. The van der Waals surface area contributed by atoms with Crippen LogP contribution < -0.4 is 0 Å². The lowest BCUT2D eigenvalue weighted by molar-refractivity contribution is -0.258. The molecule has 0 spiro atoms. The van der Waals surface area contributed by atoms with Gasteiger partial charge in [0.05, 0.1) is 0 Å². The second kappa shape index (κ2) is 4.09. The Balaban J connectivity index is 3.07. The molecule has 4 heteroatoms. The number of halogens is 3. The fourth-order valence-corrected chi connectivity index (χ4v) is 1.36. The van der Waals surface area contributed by atoms with E-state index in [9.17, 15) is 18.3 Å². The third kappa shape index (κ3) is 2.38. The van der Waals surface area contributed by atoms with Crippen LogP contribution in [0.1, 0.15) is 37.8 Å². The molecule has 1 aromatic rings. The minimum atomic E-state index is -4.66. The molecule has 0 aliphatic heterocycles. The van der Waals surface area contributed by atoms with E-state index in [0.29, 0.717) is 0 Å². The van der Waals surface area contributed by atoms with Gasteiger partial charge in [-0.15, -0.1) is 0 Å². The molecule has 1 N–H and O–H groups in total. The largest absolute Gasteiger partial charge is 0.421 e. The molecule has 16 heavy (non-hydrogen) atoms. The number of alkyl halides is 3. The molecule has 0 aromatic heterocycles. The summed E-state index contributed by atoms with van der Waals surface area (Å²) in [4.78, 5) is 0. The minimum Gasteiger partial charge on any atom is -0.376 e. The molecule has 0 bridgehead atoms. The van der Waals surface area contributed by atoms with Crippen molar-refractivity contribution in [2.24, 2.45) is 0 Å². The van der Waals surface area contributed by atoms with Gasteiger partial charge in [-0.05, 0) is 24.0 Å². The summed E-state index contributed by atoms with van der Waals surface area (Å²) in [5.74, 6) is 0.255. The van der Waals surface area contributed by atoms with Gasteiger partial charge in [0.15, 0.2) is 5.60 Å². The van der Waals surface area contributed by atoms with Gasteiger partial charge in [-0.3, -0.25) is 0 Å². The fraction of sp³-hybridized carbons (Fsp3) is 0.500. The van der Waals surface area contributed by atoms with Crippen molar-refractivity contribution in [3.05, 3.63) is 35.4 Å². The summed E-state index contributed by atoms with van der Waals surface area (Å²) in [5, 5.41) is 9.43. The van der Waals surface area contributed by atoms with Crippen LogP contribution in [0.25, 0.3) is 0 Å². The van der Waals surface area contributed by atoms with Crippen molar-refractivity contribution < 1.29 is 18.3 Å².